The van der Waals surface area contributed by atoms with Crippen LogP contribution >= 0.6 is 29.7 Å². The standard InChI is InChI=1S/C8H13BN3O2.C8H13N3O2.C7H11N3O2.C2H6B.2CH4.3H3P/c1-6-10-8(14-11-6)7-5-12(9-2)3-4-13-7;1-6-9-8(13-10-6)7-5-11(2)3-4-12-7;1-5-9-7(12-10-5)6-4-8-2-3-11-6;1-3-2;;;;;/h7H,3-5H2,1-2H3;7H,3-5H2,1-2H3;6,8H,2-4H2,1H3;1-2H3;2*1H4;3*1H3. The molecule has 6 rings (SSSR count). The Balaban J connectivity index is -0.000000565. The third kappa shape index (κ3) is 17.7. The van der Waals surface area contributed by atoms with Crippen molar-refractivity contribution in [3.8, 4) is 0 Å². The van der Waals surface area contributed by atoms with Crippen LogP contribution in [-0.4, -0.2) is 121 Å². The lowest BCUT2D eigenvalue weighted by Crippen LogP contribution is -2.39. The topological polar surface area (TPSA) is 163 Å². The average Bonchev–Trinajstić information content (AvgIpc) is 3.76. The van der Waals surface area contributed by atoms with Crippen molar-refractivity contribution in [1.82, 2.24) is 45.4 Å². The molecule has 6 atom stereocenters. The summed E-state index contributed by atoms with van der Waals surface area (Å²) < 4.78 is 31.6. The van der Waals surface area contributed by atoms with Crippen molar-refractivity contribution in [3.63, 3.8) is 0 Å². The third-order valence-electron chi connectivity index (χ3n) is 6.12. The highest BCUT2D eigenvalue weighted by atomic mass is 31.0. The predicted molar refractivity (Wildman–Crippen MR) is 201 cm³/mol. The molecule has 3 aliphatic heterocycles. The first kappa shape index (κ1) is 50.0. The minimum absolute atomic E-state index is 0. The summed E-state index contributed by atoms with van der Waals surface area (Å²) in [5.74, 6) is 3.70. The van der Waals surface area contributed by atoms with Gasteiger partial charge in [0.15, 0.2) is 17.5 Å². The summed E-state index contributed by atoms with van der Waals surface area (Å²) in [6.07, 6.45) is -0.207. The van der Waals surface area contributed by atoms with E-state index in [1.807, 2.05) is 27.7 Å². The maximum atomic E-state index is 5.55. The zero-order valence-electron chi connectivity index (χ0n) is 27.9. The highest BCUT2D eigenvalue weighted by Crippen LogP contribution is 2.20. The van der Waals surface area contributed by atoms with Crippen LogP contribution < -0.4 is 5.32 Å². The molecule has 0 amide bonds. The van der Waals surface area contributed by atoms with Crippen molar-refractivity contribution in [2.75, 3.05) is 66.1 Å². The highest BCUT2D eigenvalue weighted by molar-refractivity contribution is 6.92. The molecule has 0 spiro atoms. The van der Waals surface area contributed by atoms with Crippen LogP contribution in [0.4, 0.5) is 0 Å². The van der Waals surface area contributed by atoms with Crippen LogP contribution in [-0.2, 0) is 14.2 Å². The molecule has 0 bridgehead atoms. The molecule has 2 radical (unpaired) electrons. The Hall–Kier alpha value is -1.40. The molecule has 0 saturated carbocycles. The zero-order valence-corrected chi connectivity index (χ0v) is 32.1. The fourth-order valence-electron chi connectivity index (χ4n) is 4.04. The van der Waals surface area contributed by atoms with Gasteiger partial charge in [-0.25, -0.2) is 0 Å². The molecule has 47 heavy (non-hydrogen) atoms. The van der Waals surface area contributed by atoms with Crippen LogP contribution in [0, 0.1) is 20.8 Å². The van der Waals surface area contributed by atoms with Crippen LogP contribution in [0.15, 0.2) is 13.6 Å². The number of aryl methyl sites for hydroxylation is 3. The van der Waals surface area contributed by atoms with E-state index in [-0.39, 0.29) is 62.9 Å². The SMILES string of the molecule is C.C.C[B]C.C[B]N1CCOC(c2nc(C)no2)C1.Cc1noc(C2CN(C)CCO2)n1.Cc1noc(C2CNCCO2)n1.P.P.P. The number of ether oxygens (including phenoxy) is 3. The summed E-state index contributed by atoms with van der Waals surface area (Å²) in [6.45, 7) is 18.7. The van der Waals surface area contributed by atoms with Gasteiger partial charge >= 0.3 is 0 Å². The second-order valence-electron chi connectivity index (χ2n) is 9.91. The minimum Gasteiger partial charge on any atom is -0.366 e. The smallest absolute Gasteiger partial charge is 0.257 e. The van der Waals surface area contributed by atoms with Gasteiger partial charge in [0, 0.05) is 39.3 Å². The van der Waals surface area contributed by atoms with Crippen molar-refractivity contribution < 1.29 is 27.8 Å². The molecule has 3 aliphatic rings. The number of aromatic nitrogens is 6. The molecule has 3 aromatic heterocycles. The zero-order chi connectivity index (χ0) is 30.3. The quantitative estimate of drug-likeness (QED) is 0.309. The Morgan fingerprint density at radius 1 is 0.660 bits per heavy atom. The molecule has 6 unspecified atom stereocenters. The third-order valence-corrected chi connectivity index (χ3v) is 6.12. The summed E-state index contributed by atoms with van der Waals surface area (Å²) in [4.78, 5) is 16.8. The second-order valence-corrected chi connectivity index (χ2v) is 9.91. The number of rotatable bonds is 4. The Bertz CT molecular complexity index is 1160. The molecule has 270 valence electrons. The predicted octanol–water partition coefficient (Wildman–Crippen LogP) is 3.07. The second kappa shape index (κ2) is 27.4. The van der Waals surface area contributed by atoms with Gasteiger partial charge in [-0.2, -0.15) is 44.6 Å². The van der Waals surface area contributed by atoms with Crippen LogP contribution in [0.25, 0.3) is 0 Å². The molecule has 3 saturated heterocycles. The molecule has 3 aromatic rings. The van der Waals surface area contributed by atoms with E-state index in [4.69, 9.17) is 27.8 Å². The molecular formula is C27H60B2N9O6P3. The van der Waals surface area contributed by atoms with Crippen molar-refractivity contribution >= 4 is 44.4 Å². The van der Waals surface area contributed by atoms with E-state index in [0.717, 1.165) is 45.9 Å². The molecule has 0 aliphatic carbocycles. The molecule has 3 fully saturated rings. The fourth-order valence-corrected chi connectivity index (χ4v) is 4.04. The Kier molecular flexibility index (Phi) is 29.2. The van der Waals surface area contributed by atoms with E-state index in [9.17, 15) is 0 Å². The van der Waals surface area contributed by atoms with E-state index in [1.54, 1.807) is 20.8 Å². The largest absolute Gasteiger partial charge is 0.366 e. The van der Waals surface area contributed by atoms with Gasteiger partial charge in [0.1, 0.15) is 25.6 Å². The average molecular weight is 721 g/mol. The number of hydrogen-bond donors (Lipinski definition) is 1. The molecule has 6 heterocycles. The number of morpholine rings is 3. The number of hydrogen-bond acceptors (Lipinski definition) is 15. The van der Waals surface area contributed by atoms with Crippen molar-refractivity contribution in [3.05, 3.63) is 35.1 Å². The minimum atomic E-state index is -0.0823. The summed E-state index contributed by atoms with van der Waals surface area (Å²) in [5, 5.41) is 14.4. The highest BCUT2D eigenvalue weighted by Gasteiger charge is 2.26. The lowest BCUT2D eigenvalue weighted by atomic mass is 9.88. The Morgan fingerprint density at radius 3 is 1.47 bits per heavy atom. The fraction of sp³-hybridized carbons (Fsp3) is 0.778. The van der Waals surface area contributed by atoms with Crippen LogP contribution in [0.2, 0.25) is 20.5 Å². The first-order valence-electron chi connectivity index (χ1n) is 14.2. The van der Waals surface area contributed by atoms with Crippen LogP contribution in [0.5, 0.6) is 0 Å². The van der Waals surface area contributed by atoms with Crippen LogP contribution in [0.3, 0.4) is 0 Å². The summed E-state index contributed by atoms with van der Waals surface area (Å²) >= 11 is 0. The van der Waals surface area contributed by atoms with Crippen LogP contribution in [0.1, 0.15) is 68.3 Å². The van der Waals surface area contributed by atoms with Gasteiger partial charge in [-0.3, -0.25) is 0 Å². The van der Waals surface area contributed by atoms with E-state index < -0.39 is 0 Å². The van der Waals surface area contributed by atoms with E-state index in [2.05, 4.69) is 59.9 Å². The maximum Gasteiger partial charge on any atom is 0.257 e. The van der Waals surface area contributed by atoms with Crippen molar-refractivity contribution in [1.29, 1.82) is 0 Å². The monoisotopic (exact) mass is 721 g/mol. The first-order valence-corrected chi connectivity index (χ1v) is 14.2. The molecule has 1 N–H and O–H groups in total. The van der Waals surface area contributed by atoms with E-state index in [0.29, 0.717) is 48.4 Å². The van der Waals surface area contributed by atoms with Gasteiger partial charge in [-0.05, 0) is 27.8 Å². The number of nitrogens with one attached hydrogen (secondary N) is 1. The van der Waals surface area contributed by atoms with Gasteiger partial charge in [-0.1, -0.05) is 50.8 Å². The molecular weight excluding hydrogens is 661 g/mol. The Morgan fingerprint density at radius 2 is 1.09 bits per heavy atom. The van der Waals surface area contributed by atoms with E-state index in [1.165, 1.54) is 0 Å². The van der Waals surface area contributed by atoms with Gasteiger partial charge in [0.25, 0.3) is 17.7 Å². The lowest BCUT2D eigenvalue weighted by molar-refractivity contribution is -0.0366. The van der Waals surface area contributed by atoms with Gasteiger partial charge < -0.3 is 42.8 Å². The van der Waals surface area contributed by atoms with Gasteiger partial charge in [-0.15, -0.1) is 0 Å². The number of likely N-dealkylation sites (N-methyl/N-ethyl adjacent to an activating group) is 1. The van der Waals surface area contributed by atoms with Crippen molar-refractivity contribution in [2.24, 2.45) is 0 Å². The maximum absolute atomic E-state index is 5.55. The molecule has 15 nitrogen and oxygen atoms in total. The molecule has 20 heteroatoms. The Labute approximate surface area is 292 Å². The lowest BCUT2D eigenvalue weighted by Gasteiger charge is -2.29. The first-order chi connectivity index (χ1) is 20.3. The summed E-state index contributed by atoms with van der Waals surface area (Å²) in [5.41, 5.74) is 0. The number of nitrogens with zero attached hydrogens (tertiary/aromatic N) is 8. The van der Waals surface area contributed by atoms with Gasteiger partial charge in [0.05, 0.1) is 19.8 Å². The summed E-state index contributed by atoms with van der Waals surface area (Å²) in [6, 6.07) is 0. The summed E-state index contributed by atoms with van der Waals surface area (Å²) in [7, 11) is 6.11. The normalized spacial score (nSPS) is 20.4. The van der Waals surface area contributed by atoms with Gasteiger partial charge in [0.2, 0.25) is 7.41 Å². The van der Waals surface area contributed by atoms with Crippen molar-refractivity contribution in [2.45, 2.75) is 74.4 Å². The van der Waals surface area contributed by atoms with E-state index >= 15 is 0 Å². The molecule has 0 aromatic carbocycles.